The summed E-state index contributed by atoms with van der Waals surface area (Å²) in [4.78, 5) is 36.4. The number of unbranched alkanes of at least 4 members (excludes halogenated alkanes) is 18. The molecule has 0 aliphatic rings. The second-order valence-electron chi connectivity index (χ2n) is 10.8. The quantitative estimate of drug-likeness (QED) is 0.0747. The zero-order chi connectivity index (χ0) is 29.8. The molecule has 0 saturated heterocycles. The van der Waals surface area contributed by atoms with E-state index in [1.54, 1.807) is 0 Å². The number of hydrogen-bond donors (Lipinski definition) is 4. The standard InChI is InChI=1S/C31H59NO8/c1-3-5-7-9-11-13-15-17-19-21-23-39-30(37)26(25-33)32-29(36)27(34)28(35)31(38)40-24-22-20-18-16-14-12-10-8-6-4-2/h26-28,33-35H,3-25H2,1-2H3,(H,32,36)/t26-,27?,28?/m0/s1. The van der Waals surface area contributed by atoms with Crippen LogP contribution in [0.4, 0.5) is 0 Å². The average molecular weight is 574 g/mol. The second-order valence-corrected chi connectivity index (χ2v) is 10.8. The first-order chi connectivity index (χ1) is 19.4. The third kappa shape index (κ3) is 21.1. The lowest BCUT2D eigenvalue weighted by atomic mass is 10.1. The Morgan fingerprint density at radius 1 is 0.550 bits per heavy atom. The molecular formula is C31H59NO8. The normalized spacial score (nSPS) is 13.4. The van der Waals surface area contributed by atoms with Gasteiger partial charge in [0, 0.05) is 0 Å². The Morgan fingerprint density at radius 3 is 1.27 bits per heavy atom. The van der Waals surface area contributed by atoms with Gasteiger partial charge in [0.05, 0.1) is 19.8 Å². The number of hydrogen-bond acceptors (Lipinski definition) is 8. The van der Waals surface area contributed by atoms with E-state index in [-0.39, 0.29) is 13.2 Å². The van der Waals surface area contributed by atoms with Crippen LogP contribution in [0.25, 0.3) is 0 Å². The van der Waals surface area contributed by atoms with Gasteiger partial charge in [-0.1, -0.05) is 129 Å². The van der Waals surface area contributed by atoms with Crippen molar-refractivity contribution in [2.45, 2.75) is 161 Å². The molecule has 236 valence electrons. The highest BCUT2D eigenvalue weighted by molar-refractivity contribution is 5.91. The van der Waals surface area contributed by atoms with Crippen LogP contribution in [0.15, 0.2) is 0 Å². The van der Waals surface area contributed by atoms with E-state index in [2.05, 4.69) is 19.2 Å². The molecule has 4 N–H and O–H groups in total. The molecule has 0 heterocycles. The maximum Gasteiger partial charge on any atom is 0.338 e. The van der Waals surface area contributed by atoms with Gasteiger partial charge in [-0.15, -0.1) is 0 Å². The van der Waals surface area contributed by atoms with Crippen LogP contribution in [-0.4, -0.2) is 71.2 Å². The predicted molar refractivity (Wildman–Crippen MR) is 157 cm³/mol. The van der Waals surface area contributed by atoms with Crippen LogP contribution in [0, 0.1) is 0 Å². The summed E-state index contributed by atoms with van der Waals surface area (Å²) < 4.78 is 10.1. The fourth-order valence-corrected chi connectivity index (χ4v) is 4.42. The number of carbonyl (C=O) groups excluding carboxylic acids is 3. The third-order valence-electron chi connectivity index (χ3n) is 7.08. The predicted octanol–water partition coefficient (Wildman–Crippen LogP) is 5.11. The highest BCUT2D eigenvalue weighted by Gasteiger charge is 2.34. The van der Waals surface area contributed by atoms with Gasteiger partial charge in [-0.2, -0.15) is 0 Å². The molecule has 0 radical (unpaired) electrons. The van der Waals surface area contributed by atoms with Gasteiger partial charge in [-0.3, -0.25) is 4.79 Å². The minimum atomic E-state index is -2.14. The molecule has 0 aromatic rings. The summed E-state index contributed by atoms with van der Waals surface area (Å²) in [5, 5.41) is 31.6. The molecule has 0 rings (SSSR count). The maximum atomic E-state index is 12.2. The van der Waals surface area contributed by atoms with Crippen LogP contribution in [0.2, 0.25) is 0 Å². The van der Waals surface area contributed by atoms with E-state index < -0.39 is 42.7 Å². The summed E-state index contributed by atoms with van der Waals surface area (Å²) in [5.74, 6) is -3.11. The fraction of sp³-hybridized carbons (Fsp3) is 0.903. The van der Waals surface area contributed by atoms with Crippen molar-refractivity contribution in [2.75, 3.05) is 19.8 Å². The molecule has 1 amide bonds. The molecule has 9 nitrogen and oxygen atoms in total. The van der Waals surface area contributed by atoms with Crippen molar-refractivity contribution in [2.24, 2.45) is 0 Å². The highest BCUT2D eigenvalue weighted by atomic mass is 16.6. The number of nitrogens with one attached hydrogen (secondary N) is 1. The minimum absolute atomic E-state index is 0.0886. The first-order valence-corrected chi connectivity index (χ1v) is 16.0. The summed E-state index contributed by atoms with van der Waals surface area (Å²) in [7, 11) is 0. The van der Waals surface area contributed by atoms with Gasteiger partial charge in [0.2, 0.25) is 0 Å². The lowest BCUT2D eigenvalue weighted by Crippen LogP contribution is -2.52. The van der Waals surface area contributed by atoms with Crippen molar-refractivity contribution in [1.29, 1.82) is 0 Å². The number of aliphatic hydroxyl groups excluding tert-OH is 3. The van der Waals surface area contributed by atoms with E-state index in [0.717, 1.165) is 38.5 Å². The smallest absolute Gasteiger partial charge is 0.338 e. The van der Waals surface area contributed by atoms with Crippen LogP contribution >= 0.6 is 0 Å². The van der Waals surface area contributed by atoms with Crippen LogP contribution in [-0.2, 0) is 23.9 Å². The van der Waals surface area contributed by atoms with Gasteiger partial charge in [-0.25, -0.2) is 9.59 Å². The molecule has 0 spiro atoms. The number of ether oxygens (including phenoxy) is 2. The van der Waals surface area contributed by atoms with Crippen LogP contribution in [0.5, 0.6) is 0 Å². The Labute approximate surface area is 242 Å². The molecule has 0 aromatic heterocycles. The van der Waals surface area contributed by atoms with E-state index >= 15 is 0 Å². The molecule has 0 aliphatic carbocycles. The lowest BCUT2D eigenvalue weighted by molar-refractivity contribution is -0.164. The van der Waals surface area contributed by atoms with Crippen molar-refractivity contribution in [1.82, 2.24) is 5.32 Å². The van der Waals surface area contributed by atoms with E-state index in [4.69, 9.17) is 9.47 Å². The maximum absolute atomic E-state index is 12.2. The fourth-order valence-electron chi connectivity index (χ4n) is 4.42. The number of esters is 2. The summed E-state index contributed by atoms with van der Waals surface area (Å²) in [5.41, 5.74) is 0. The molecule has 3 atom stereocenters. The largest absolute Gasteiger partial charge is 0.464 e. The van der Waals surface area contributed by atoms with Crippen molar-refractivity contribution in [3.8, 4) is 0 Å². The monoisotopic (exact) mass is 573 g/mol. The van der Waals surface area contributed by atoms with E-state index in [0.29, 0.717) is 12.8 Å². The molecule has 0 aliphatic heterocycles. The summed E-state index contributed by atoms with van der Waals surface area (Å²) in [6, 6.07) is -1.40. The zero-order valence-corrected chi connectivity index (χ0v) is 25.4. The minimum Gasteiger partial charge on any atom is -0.464 e. The summed E-state index contributed by atoms with van der Waals surface area (Å²) >= 11 is 0. The highest BCUT2D eigenvalue weighted by Crippen LogP contribution is 2.12. The third-order valence-corrected chi connectivity index (χ3v) is 7.08. The average Bonchev–Trinajstić information content (AvgIpc) is 2.96. The van der Waals surface area contributed by atoms with Crippen LogP contribution < -0.4 is 5.32 Å². The van der Waals surface area contributed by atoms with Gasteiger partial charge >= 0.3 is 11.9 Å². The van der Waals surface area contributed by atoms with Gasteiger partial charge in [-0.05, 0) is 12.8 Å². The van der Waals surface area contributed by atoms with Crippen LogP contribution in [0.1, 0.15) is 142 Å². The Morgan fingerprint density at radius 2 is 0.900 bits per heavy atom. The Kier molecular flexibility index (Phi) is 26.3. The SMILES string of the molecule is CCCCCCCCCCCCOC(=O)C(O)C(O)C(=O)N[C@@H](CO)C(=O)OCCCCCCCCCCCC. The van der Waals surface area contributed by atoms with Crippen molar-refractivity contribution in [3.05, 3.63) is 0 Å². The lowest BCUT2D eigenvalue weighted by Gasteiger charge is -2.20. The Hall–Kier alpha value is -1.71. The number of amides is 1. The second kappa shape index (κ2) is 27.5. The summed E-state index contributed by atoms with van der Waals surface area (Å²) in [6.07, 6.45) is 18.4. The van der Waals surface area contributed by atoms with Gasteiger partial charge in [0.25, 0.3) is 5.91 Å². The topological polar surface area (TPSA) is 142 Å². The summed E-state index contributed by atoms with van der Waals surface area (Å²) in [6.45, 7) is 3.92. The van der Waals surface area contributed by atoms with E-state index in [1.807, 2.05) is 0 Å². The number of rotatable bonds is 28. The molecule has 40 heavy (non-hydrogen) atoms. The Bertz CT molecular complexity index is 630. The van der Waals surface area contributed by atoms with Gasteiger partial charge in [0.1, 0.15) is 0 Å². The first kappa shape index (κ1) is 38.3. The number of carbonyl (C=O) groups is 3. The van der Waals surface area contributed by atoms with Crippen molar-refractivity contribution in [3.63, 3.8) is 0 Å². The zero-order valence-electron chi connectivity index (χ0n) is 25.4. The molecule has 0 fully saturated rings. The Balaban J connectivity index is 4.01. The molecule has 0 aromatic carbocycles. The van der Waals surface area contributed by atoms with Crippen LogP contribution in [0.3, 0.4) is 0 Å². The first-order valence-electron chi connectivity index (χ1n) is 16.0. The van der Waals surface area contributed by atoms with Crippen molar-refractivity contribution >= 4 is 17.8 Å². The van der Waals surface area contributed by atoms with Gasteiger partial charge < -0.3 is 30.1 Å². The van der Waals surface area contributed by atoms with E-state index in [1.165, 1.54) is 77.0 Å². The molecular weight excluding hydrogens is 514 g/mol. The molecule has 2 unspecified atom stereocenters. The molecule has 9 heteroatoms. The molecule has 0 bridgehead atoms. The van der Waals surface area contributed by atoms with Crippen molar-refractivity contribution < 1.29 is 39.2 Å². The number of aliphatic hydroxyl groups is 3. The molecule has 0 saturated carbocycles. The van der Waals surface area contributed by atoms with E-state index in [9.17, 15) is 29.7 Å². The van der Waals surface area contributed by atoms with Gasteiger partial charge in [0.15, 0.2) is 18.2 Å².